The molecular weight excluding hydrogens is 194 g/mol. The van der Waals surface area contributed by atoms with E-state index in [9.17, 15) is 10.1 Å². The number of nitro benzene ring substituents is 1. The zero-order valence-corrected chi connectivity index (χ0v) is 8.30. The van der Waals surface area contributed by atoms with Gasteiger partial charge in [-0.1, -0.05) is 12.1 Å². The first-order valence-corrected chi connectivity index (χ1v) is 4.92. The van der Waals surface area contributed by atoms with Crippen LogP contribution < -0.4 is 10.6 Å². The van der Waals surface area contributed by atoms with Crippen LogP contribution in [0.15, 0.2) is 24.3 Å². The van der Waals surface area contributed by atoms with Crippen molar-refractivity contribution in [3.05, 3.63) is 34.4 Å². The first-order valence-electron chi connectivity index (χ1n) is 4.92. The maximum atomic E-state index is 10.8. The van der Waals surface area contributed by atoms with Gasteiger partial charge in [0.2, 0.25) is 0 Å². The Labute approximate surface area is 87.6 Å². The van der Waals surface area contributed by atoms with Crippen LogP contribution >= 0.6 is 0 Å². The molecule has 1 aromatic carbocycles. The molecule has 0 aromatic heterocycles. The summed E-state index contributed by atoms with van der Waals surface area (Å²) >= 11 is 0. The van der Waals surface area contributed by atoms with Crippen molar-refractivity contribution in [2.45, 2.75) is 12.5 Å². The van der Waals surface area contributed by atoms with Gasteiger partial charge >= 0.3 is 0 Å². The van der Waals surface area contributed by atoms with Gasteiger partial charge in [0, 0.05) is 25.2 Å². The summed E-state index contributed by atoms with van der Waals surface area (Å²) in [6.07, 6.45) is 0.895. The first kappa shape index (κ1) is 9.92. The van der Waals surface area contributed by atoms with E-state index in [4.69, 9.17) is 5.73 Å². The quantitative estimate of drug-likeness (QED) is 0.583. The van der Waals surface area contributed by atoms with Gasteiger partial charge in [0.05, 0.1) is 4.92 Å². The van der Waals surface area contributed by atoms with Gasteiger partial charge in [0.15, 0.2) is 0 Å². The SMILES string of the molecule is NC1CCN(c2ccccc2[N+](=O)[O-])C1. The fourth-order valence-electron chi connectivity index (χ4n) is 1.89. The monoisotopic (exact) mass is 207 g/mol. The number of hydrogen-bond acceptors (Lipinski definition) is 4. The van der Waals surface area contributed by atoms with Crippen molar-refractivity contribution in [3.8, 4) is 0 Å². The Bertz CT molecular complexity index is 381. The Hall–Kier alpha value is -1.62. The first-order chi connectivity index (χ1) is 7.18. The molecule has 80 valence electrons. The molecule has 0 spiro atoms. The van der Waals surface area contributed by atoms with Crippen LogP contribution in [0.4, 0.5) is 11.4 Å². The van der Waals surface area contributed by atoms with Gasteiger partial charge in [-0.15, -0.1) is 0 Å². The second-order valence-corrected chi connectivity index (χ2v) is 3.74. The van der Waals surface area contributed by atoms with E-state index in [1.54, 1.807) is 12.1 Å². The summed E-state index contributed by atoms with van der Waals surface area (Å²) in [5.41, 5.74) is 6.61. The number of hydrogen-bond donors (Lipinski definition) is 1. The summed E-state index contributed by atoms with van der Waals surface area (Å²) in [6, 6.07) is 6.92. The number of para-hydroxylation sites is 2. The van der Waals surface area contributed by atoms with Crippen LogP contribution in [0.5, 0.6) is 0 Å². The predicted octanol–water partition coefficient (Wildman–Crippen LogP) is 1.13. The van der Waals surface area contributed by atoms with Crippen LogP contribution in [0.25, 0.3) is 0 Å². The summed E-state index contributed by atoms with van der Waals surface area (Å²) in [5, 5.41) is 10.8. The molecule has 0 aliphatic carbocycles. The lowest BCUT2D eigenvalue weighted by atomic mass is 10.2. The molecule has 0 amide bonds. The predicted molar refractivity (Wildman–Crippen MR) is 57.9 cm³/mol. The van der Waals surface area contributed by atoms with Crippen LogP contribution in [0.2, 0.25) is 0 Å². The second-order valence-electron chi connectivity index (χ2n) is 3.74. The lowest BCUT2D eigenvalue weighted by Gasteiger charge is -2.17. The van der Waals surface area contributed by atoms with E-state index in [1.165, 1.54) is 6.07 Å². The normalized spacial score (nSPS) is 20.6. The minimum atomic E-state index is -0.348. The average molecular weight is 207 g/mol. The summed E-state index contributed by atoms with van der Waals surface area (Å²) in [6.45, 7) is 1.50. The van der Waals surface area contributed by atoms with Crippen molar-refractivity contribution >= 4 is 11.4 Å². The number of nitro groups is 1. The van der Waals surface area contributed by atoms with Gasteiger partial charge in [-0.25, -0.2) is 0 Å². The van der Waals surface area contributed by atoms with Crippen molar-refractivity contribution in [2.24, 2.45) is 5.73 Å². The zero-order valence-electron chi connectivity index (χ0n) is 8.30. The minimum absolute atomic E-state index is 0.129. The number of anilines is 1. The smallest absolute Gasteiger partial charge is 0.292 e. The van der Waals surface area contributed by atoms with E-state index in [0.717, 1.165) is 13.0 Å². The molecule has 1 aromatic rings. The fourth-order valence-corrected chi connectivity index (χ4v) is 1.89. The molecule has 5 nitrogen and oxygen atoms in total. The summed E-state index contributed by atoms with van der Waals surface area (Å²) < 4.78 is 0. The lowest BCUT2D eigenvalue weighted by Crippen LogP contribution is -2.26. The number of nitrogens with zero attached hydrogens (tertiary/aromatic N) is 2. The molecule has 1 aliphatic rings. The topological polar surface area (TPSA) is 72.4 Å². The third kappa shape index (κ3) is 1.92. The Morgan fingerprint density at radius 1 is 1.47 bits per heavy atom. The minimum Gasteiger partial charge on any atom is -0.364 e. The summed E-state index contributed by atoms with van der Waals surface area (Å²) in [7, 11) is 0. The number of nitrogens with two attached hydrogens (primary N) is 1. The highest BCUT2D eigenvalue weighted by molar-refractivity contribution is 5.63. The zero-order chi connectivity index (χ0) is 10.8. The number of benzene rings is 1. The van der Waals surface area contributed by atoms with Gasteiger partial charge in [-0.05, 0) is 12.5 Å². The molecule has 15 heavy (non-hydrogen) atoms. The third-order valence-corrected chi connectivity index (χ3v) is 2.64. The van der Waals surface area contributed by atoms with Crippen LogP contribution in [0.1, 0.15) is 6.42 Å². The standard InChI is InChI=1S/C10H13N3O2/c11-8-5-6-12(7-8)9-3-1-2-4-10(9)13(14)15/h1-4,8H,5-7,11H2. The fraction of sp³-hybridized carbons (Fsp3) is 0.400. The summed E-state index contributed by atoms with van der Waals surface area (Å²) in [5.74, 6) is 0. The molecule has 0 bridgehead atoms. The molecule has 0 radical (unpaired) electrons. The molecule has 2 N–H and O–H groups in total. The maximum absolute atomic E-state index is 10.8. The van der Waals surface area contributed by atoms with Crippen molar-refractivity contribution in [1.82, 2.24) is 0 Å². The Balaban J connectivity index is 2.31. The van der Waals surface area contributed by atoms with Crippen LogP contribution in [-0.4, -0.2) is 24.1 Å². The van der Waals surface area contributed by atoms with Crippen LogP contribution in [-0.2, 0) is 0 Å². The van der Waals surface area contributed by atoms with Gasteiger partial charge in [-0.2, -0.15) is 0 Å². The van der Waals surface area contributed by atoms with Gasteiger partial charge < -0.3 is 10.6 Å². The number of rotatable bonds is 2. The van der Waals surface area contributed by atoms with Gasteiger partial charge in [0.25, 0.3) is 5.69 Å². The van der Waals surface area contributed by atoms with Crippen molar-refractivity contribution in [3.63, 3.8) is 0 Å². The van der Waals surface area contributed by atoms with E-state index >= 15 is 0 Å². The Morgan fingerprint density at radius 3 is 2.80 bits per heavy atom. The van der Waals surface area contributed by atoms with Crippen molar-refractivity contribution in [1.29, 1.82) is 0 Å². The van der Waals surface area contributed by atoms with Crippen LogP contribution in [0.3, 0.4) is 0 Å². The highest BCUT2D eigenvalue weighted by Gasteiger charge is 2.24. The van der Waals surface area contributed by atoms with E-state index in [0.29, 0.717) is 12.2 Å². The lowest BCUT2D eigenvalue weighted by molar-refractivity contribution is -0.384. The van der Waals surface area contributed by atoms with E-state index in [1.807, 2.05) is 11.0 Å². The van der Waals surface area contributed by atoms with Gasteiger partial charge in [0.1, 0.15) is 5.69 Å². The molecule has 5 heteroatoms. The molecule has 1 saturated heterocycles. The summed E-state index contributed by atoms with van der Waals surface area (Å²) in [4.78, 5) is 12.4. The molecule has 1 unspecified atom stereocenters. The highest BCUT2D eigenvalue weighted by atomic mass is 16.6. The van der Waals surface area contributed by atoms with Crippen LogP contribution in [0, 0.1) is 10.1 Å². The molecule has 1 aliphatic heterocycles. The van der Waals surface area contributed by atoms with E-state index < -0.39 is 0 Å². The molecule has 1 fully saturated rings. The Morgan fingerprint density at radius 2 is 2.20 bits per heavy atom. The van der Waals surface area contributed by atoms with E-state index in [-0.39, 0.29) is 16.7 Å². The molecular formula is C10H13N3O2. The average Bonchev–Trinajstić information content (AvgIpc) is 2.65. The third-order valence-electron chi connectivity index (χ3n) is 2.64. The van der Waals surface area contributed by atoms with E-state index in [2.05, 4.69) is 0 Å². The molecule has 2 rings (SSSR count). The molecule has 1 atom stereocenters. The Kier molecular flexibility index (Phi) is 2.55. The van der Waals surface area contributed by atoms with Crippen molar-refractivity contribution < 1.29 is 4.92 Å². The van der Waals surface area contributed by atoms with Gasteiger partial charge in [-0.3, -0.25) is 10.1 Å². The highest BCUT2D eigenvalue weighted by Crippen LogP contribution is 2.29. The molecule has 0 saturated carbocycles. The van der Waals surface area contributed by atoms with Crippen molar-refractivity contribution in [2.75, 3.05) is 18.0 Å². The largest absolute Gasteiger partial charge is 0.364 e. The maximum Gasteiger partial charge on any atom is 0.292 e. The molecule has 1 heterocycles. The second kappa shape index (κ2) is 3.86.